The number of fused-ring (bicyclic) bond motifs is 1. The van der Waals surface area contributed by atoms with E-state index in [1.165, 1.54) is 38.5 Å². The van der Waals surface area contributed by atoms with Crippen LogP contribution in [0.25, 0.3) is 0 Å². The van der Waals surface area contributed by atoms with Gasteiger partial charge in [-0.05, 0) is 37.3 Å². The van der Waals surface area contributed by atoms with Crippen molar-refractivity contribution in [2.75, 3.05) is 14.2 Å². The van der Waals surface area contributed by atoms with Crippen LogP contribution in [0.15, 0.2) is 23.5 Å². The van der Waals surface area contributed by atoms with Gasteiger partial charge < -0.3 is 9.47 Å². The Morgan fingerprint density at radius 2 is 1.57 bits per heavy atom. The van der Waals surface area contributed by atoms with E-state index in [1.54, 1.807) is 20.3 Å². The molecule has 3 nitrogen and oxygen atoms in total. The van der Waals surface area contributed by atoms with E-state index >= 15 is 0 Å². The Balaban J connectivity index is 2.22. The van der Waals surface area contributed by atoms with Gasteiger partial charge in [0, 0.05) is 13.2 Å². The highest BCUT2D eigenvalue weighted by Gasteiger charge is 2.38. The van der Waals surface area contributed by atoms with E-state index in [1.807, 2.05) is 6.08 Å². The van der Waals surface area contributed by atoms with Crippen molar-refractivity contribution in [3.8, 4) is 0 Å². The molecule has 0 aromatic carbocycles. The van der Waals surface area contributed by atoms with E-state index in [-0.39, 0.29) is 5.78 Å². The highest BCUT2D eigenvalue weighted by molar-refractivity contribution is 6.01. The average Bonchev–Trinajstić information content (AvgIpc) is 2.52. The minimum Gasteiger partial charge on any atom is -0.496 e. The molecule has 1 atom stereocenters. The lowest BCUT2D eigenvalue weighted by Crippen LogP contribution is -2.40. The first-order valence-electron chi connectivity index (χ1n) is 8.29. The molecular weight excluding hydrogens is 264 g/mol. The molecule has 0 fully saturated rings. The van der Waals surface area contributed by atoms with Crippen LogP contribution in [0.4, 0.5) is 0 Å². The molecule has 0 aromatic heterocycles. The average molecular weight is 292 g/mol. The molecule has 0 heterocycles. The smallest absolute Gasteiger partial charge is 0.195 e. The van der Waals surface area contributed by atoms with Crippen LogP contribution in [0.1, 0.15) is 64.2 Å². The Kier molecular flexibility index (Phi) is 6.04. The molecule has 3 heteroatoms. The molecule has 118 valence electrons. The predicted octanol–water partition coefficient (Wildman–Crippen LogP) is 4.33. The lowest BCUT2D eigenvalue weighted by Gasteiger charge is -2.31. The number of ketones is 1. The maximum atomic E-state index is 12.5. The number of hydrogen-bond acceptors (Lipinski definition) is 3. The van der Waals surface area contributed by atoms with Crippen LogP contribution in [0.3, 0.4) is 0 Å². The third-order valence-electron chi connectivity index (χ3n) is 4.73. The van der Waals surface area contributed by atoms with Gasteiger partial charge in [-0.25, -0.2) is 0 Å². The number of methoxy groups -OCH3 is 2. The first-order chi connectivity index (χ1) is 10.2. The van der Waals surface area contributed by atoms with E-state index in [2.05, 4.69) is 0 Å². The summed E-state index contributed by atoms with van der Waals surface area (Å²) in [6.07, 6.45) is 15.3. The van der Waals surface area contributed by atoms with Crippen molar-refractivity contribution in [2.45, 2.75) is 69.8 Å². The van der Waals surface area contributed by atoms with Gasteiger partial charge in [0.15, 0.2) is 5.78 Å². The van der Waals surface area contributed by atoms with E-state index in [9.17, 15) is 4.79 Å². The summed E-state index contributed by atoms with van der Waals surface area (Å²) in [5, 5.41) is 0. The normalized spacial score (nSPS) is 28.6. The lowest BCUT2D eigenvalue weighted by molar-refractivity contribution is -0.132. The number of carbonyl (C=O) groups excluding carboxylic acids is 1. The van der Waals surface area contributed by atoms with Gasteiger partial charge in [0.2, 0.25) is 0 Å². The zero-order valence-electron chi connectivity index (χ0n) is 13.5. The molecule has 2 aliphatic rings. The number of allylic oxidation sites excluding steroid dienone is 1. The maximum absolute atomic E-state index is 12.5. The summed E-state index contributed by atoms with van der Waals surface area (Å²) >= 11 is 0. The summed E-state index contributed by atoms with van der Waals surface area (Å²) in [4.78, 5) is 12.5. The van der Waals surface area contributed by atoms with Gasteiger partial charge in [-0.2, -0.15) is 0 Å². The van der Waals surface area contributed by atoms with Gasteiger partial charge in [0.25, 0.3) is 0 Å². The van der Waals surface area contributed by atoms with Crippen LogP contribution in [0.5, 0.6) is 0 Å². The van der Waals surface area contributed by atoms with Gasteiger partial charge in [-0.15, -0.1) is 0 Å². The van der Waals surface area contributed by atoms with Crippen LogP contribution in [0.2, 0.25) is 0 Å². The van der Waals surface area contributed by atoms with Crippen molar-refractivity contribution < 1.29 is 14.3 Å². The first kappa shape index (κ1) is 16.3. The van der Waals surface area contributed by atoms with Gasteiger partial charge in [0.1, 0.15) is 11.4 Å². The Morgan fingerprint density at radius 1 is 0.952 bits per heavy atom. The number of carbonyl (C=O) groups is 1. The first-order valence-corrected chi connectivity index (χ1v) is 8.29. The summed E-state index contributed by atoms with van der Waals surface area (Å²) in [5.74, 6) is 0.753. The van der Waals surface area contributed by atoms with Crippen LogP contribution in [-0.2, 0) is 14.3 Å². The van der Waals surface area contributed by atoms with Gasteiger partial charge in [-0.3, -0.25) is 4.79 Å². The van der Waals surface area contributed by atoms with Gasteiger partial charge in [-0.1, -0.05) is 38.5 Å². The van der Waals surface area contributed by atoms with E-state index in [4.69, 9.17) is 9.47 Å². The number of ether oxygens (including phenoxy) is 2. The molecule has 0 radical (unpaired) electrons. The standard InChI is InChI=1S/C18H28O3/c1-20-16-13-17(19)18(21-2)12-10-8-6-4-3-5-7-9-11-15(16)14-18/h13-14H,3-12H2,1-2H3. The van der Waals surface area contributed by atoms with Crippen molar-refractivity contribution in [2.24, 2.45) is 0 Å². The fraction of sp³-hybridized carbons (Fsp3) is 0.722. The predicted molar refractivity (Wildman–Crippen MR) is 84.1 cm³/mol. The quantitative estimate of drug-likeness (QED) is 0.760. The van der Waals surface area contributed by atoms with Crippen molar-refractivity contribution in [3.05, 3.63) is 23.5 Å². The largest absolute Gasteiger partial charge is 0.496 e. The van der Waals surface area contributed by atoms with Gasteiger partial charge in [0.05, 0.1) is 7.11 Å². The molecule has 2 bridgehead atoms. The second kappa shape index (κ2) is 7.79. The molecular formula is C18H28O3. The van der Waals surface area contributed by atoms with E-state index in [0.29, 0.717) is 0 Å². The van der Waals surface area contributed by atoms with E-state index < -0.39 is 5.60 Å². The monoisotopic (exact) mass is 292 g/mol. The molecule has 0 N–H and O–H groups in total. The molecule has 0 spiro atoms. The third-order valence-corrected chi connectivity index (χ3v) is 4.73. The highest BCUT2D eigenvalue weighted by atomic mass is 16.5. The van der Waals surface area contributed by atoms with E-state index in [0.717, 1.165) is 37.0 Å². The number of hydrogen-bond donors (Lipinski definition) is 0. The van der Waals surface area contributed by atoms with Crippen LogP contribution >= 0.6 is 0 Å². The molecule has 1 unspecified atom stereocenters. The fourth-order valence-corrected chi connectivity index (χ4v) is 3.36. The zero-order valence-corrected chi connectivity index (χ0v) is 13.5. The molecule has 0 aliphatic heterocycles. The maximum Gasteiger partial charge on any atom is 0.195 e. The Morgan fingerprint density at radius 3 is 2.19 bits per heavy atom. The Labute approximate surface area is 128 Å². The van der Waals surface area contributed by atoms with Crippen LogP contribution in [0, 0.1) is 0 Å². The molecule has 0 amide bonds. The van der Waals surface area contributed by atoms with Crippen LogP contribution < -0.4 is 0 Å². The molecule has 0 aromatic rings. The van der Waals surface area contributed by atoms with Gasteiger partial charge >= 0.3 is 0 Å². The van der Waals surface area contributed by atoms with Crippen molar-refractivity contribution in [1.82, 2.24) is 0 Å². The second-order valence-corrected chi connectivity index (χ2v) is 6.17. The molecule has 0 saturated heterocycles. The minimum atomic E-state index is -0.759. The zero-order chi connectivity index (χ0) is 15.1. The lowest BCUT2D eigenvalue weighted by atomic mass is 9.83. The molecule has 21 heavy (non-hydrogen) atoms. The highest BCUT2D eigenvalue weighted by Crippen LogP contribution is 2.34. The fourth-order valence-electron chi connectivity index (χ4n) is 3.36. The molecule has 2 aliphatic carbocycles. The molecule has 2 rings (SSSR count). The minimum absolute atomic E-state index is 0.0282. The summed E-state index contributed by atoms with van der Waals surface area (Å²) in [6, 6.07) is 0. The summed E-state index contributed by atoms with van der Waals surface area (Å²) in [7, 11) is 3.29. The summed E-state index contributed by atoms with van der Waals surface area (Å²) in [6.45, 7) is 0. The van der Waals surface area contributed by atoms with Crippen molar-refractivity contribution >= 4 is 5.78 Å². The Bertz CT molecular complexity index is 422. The number of rotatable bonds is 2. The van der Waals surface area contributed by atoms with Crippen LogP contribution in [-0.4, -0.2) is 25.6 Å². The van der Waals surface area contributed by atoms with Crippen molar-refractivity contribution in [1.29, 1.82) is 0 Å². The SMILES string of the molecule is COC1=CC(=O)C2(OC)C=C1CCCCCCCCCC2. The second-order valence-electron chi connectivity index (χ2n) is 6.17. The topological polar surface area (TPSA) is 35.5 Å². The summed E-state index contributed by atoms with van der Waals surface area (Å²) < 4.78 is 11.1. The summed E-state index contributed by atoms with van der Waals surface area (Å²) in [5.41, 5.74) is 0.379. The molecule has 0 saturated carbocycles. The van der Waals surface area contributed by atoms with Crippen molar-refractivity contribution in [3.63, 3.8) is 0 Å². The third kappa shape index (κ3) is 3.97. The Hall–Kier alpha value is -1.09.